The fourth-order valence-electron chi connectivity index (χ4n) is 3.10. The summed E-state index contributed by atoms with van der Waals surface area (Å²) in [6, 6.07) is 4.08. The fraction of sp³-hybridized carbons (Fsp3) is 0.471. The van der Waals surface area contributed by atoms with Gasteiger partial charge in [0.2, 0.25) is 0 Å². The van der Waals surface area contributed by atoms with Crippen LogP contribution in [0, 0.1) is 13.8 Å². The number of carbonyl (C=O) groups is 1. The third-order valence-corrected chi connectivity index (χ3v) is 4.54. The Labute approximate surface area is 136 Å². The number of amides is 1. The predicted molar refractivity (Wildman–Crippen MR) is 88.1 cm³/mol. The normalized spacial score (nSPS) is 15.9. The Bertz CT molecular complexity index is 687. The number of aryl methyl sites for hydroxylation is 2. The number of nitrogens with zero attached hydrogens (tertiary/aromatic N) is 5. The summed E-state index contributed by atoms with van der Waals surface area (Å²) in [7, 11) is 1.88. The maximum absolute atomic E-state index is 12.8. The van der Waals surface area contributed by atoms with Gasteiger partial charge >= 0.3 is 0 Å². The molecule has 0 bridgehead atoms. The topological polar surface area (TPSA) is 54.3 Å². The Morgan fingerprint density at radius 1 is 1.13 bits per heavy atom. The number of aromatic nitrogens is 3. The molecule has 1 fully saturated rings. The van der Waals surface area contributed by atoms with E-state index in [0.717, 1.165) is 49.7 Å². The molecule has 0 saturated carbocycles. The highest BCUT2D eigenvalue weighted by Crippen LogP contribution is 2.16. The summed E-state index contributed by atoms with van der Waals surface area (Å²) in [4.78, 5) is 21.1. The lowest BCUT2D eigenvalue weighted by molar-refractivity contribution is 0.0627. The first-order valence-electron chi connectivity index (χ1n) is 7.97. The molecule has 0 radical (unpaired) electrons. The monoisotopic (exact) mass is 313 g/mol. The van der Waals surface area contributed by atoms with Crippen molar-refractivity contribution in [2.75, 3.05) is 26.2 Å². The number of piperazine rings is 1. The van der Waals surface area contributed by atoms with E-state index in [9.17, 15) is 4.79 Å². The average Bonchev–Trinajstić information content (AvgIpc) is 2.81. The van der Waals surface area contributed by atoms with Gasteiger partial charge in [0.15, 0.2) is 0 Å². The number of hydrogen-bond donors (Lipinski definition) is 0. The third kappa shape index (κ3) is 3.27. The molecule has 23 heavy (non-hydrogen) atoms. The zero-order valence-corrected chi connectivity index (χ0v) is 14.0. The molecule has 6 heteroatoms. The first-order chi connectivity index (χ1) is 11.1. The van der Waals surface area contributed by atoms with Crippen LogP contribution >= 0.6 is 0 Å². The molecule has 3 heterocycles. The number of hydrogen-bond acceptors (Lipinski definition) is 4. The highest BCUT2D eigenvalue weighted by atomic mass is 16.2. The molecule has 2 aromatic rings. The van der Waals surface area contributed by atoms with Crippen molar-refractivity contribution in [3.8, 4) is 0 Å². The Hall–Kier alpha value is -2.21. The van der Waals surface area contributed by atoms with Crippen LogP contribution in [0.3, 0.4) is 0 Å². The van der Waals surface area contributed by atoms with Gasteiger partial charge in [0.1, 0.15) is 0 Å². The summed E-state index contributed by atoms with van der Waals surface area (Å²) in [5.41, 5.74) is 3.77. The maximum atomic E-state index is 12.8. The Morgan fingerprint density at radius 2 is 1.78 bits per heavy atom. The van der Waals surface area contributed by atoms with E-state index in [0.29, 0.717) is 0 Å². The van der Waals surface area contributed by atoms with Crippen LogP contribution in [-0.2, 0) is 13.6 Å². The highest BCUT2D eigenvalue weighted by molar-refractivity contribution is 5.96. The van der Waals surface area contributed by atoms with Gasteiger partial charge in [-0.1, -0.05) is 0 Å². The summed E-state index contributed by atoms with van der Waals surface area (Å²) < 4.78 is 1.78. The molecule has 0 N–H and O–H groups in total. The highest BCUT2D eigenvalue weighted by Gasteiger charge is 2.26. The van der Waals surface area contributed by atoms with Crippen LogP contribution in [0.4, 0.5) is 0 Å². The van der Waals surface area contributed by atoms with E-state index < -0.39 is 0 Å². The average molecular weight is 313 g/mol. The van der Waals surface area contributed by atoms with Gasteiger partial charge in [-0.05, 0) is 31.5 Å². The largest absolute Gasteiger partial charge is 0.336 e. The predicted octanol–water partition coefficient (Wildman–Crippen LogP) is 1.39. The zero-order chi connectivity index (χ0) is 16.4. The van der Waals surface area contributed by atoms with Gasteiger partial charge in [-0.3, -0.25) is 19.4 Å². The van der Waals surface area contributed by atoms with Crippen molar-refractivity contribution in [2.45, 2.75) is 20.4 Å². The van der Waals surface area contributed by atoms with E-state index in [1.54, 1.807) is 4.68 Å². The summed E-state index contributed by atoms with van der Waals surface area (Å²) in [5, 5.41) is 4.35. The number of rotatable bonds is 3. The molecule has 1 saturated heterocycles. The lowest BCUT2D eigenvalue weighted by atomic mass is 10.1. The summed E-state index contributed by atoms with van der Waals surface area (Å²) in [5.74, 6) is 0.108. The van der Waals surface area contributed by atoms with Crippen molar-refractivity contribution in [2.24, 2.45) is 7.05 Å². The Kier molecular flexibility index (Phi) is 4.43. The quantitative estimate of drug-likeness (QED) is 0.859. The lowest BCUT2D eigenvalue weighted by Crippen LogP contribution is -2.48. The number of pyridine rings is 1. The van der Waals surface area contributed by atoms with E-state index in [1.165, 1.54) is 5.56 Å². The summed E-state index contributed by atoms with van der Waals surface area (Å²) in [6.45, 7) is 8.08. The van der Waals surface area contributed by atoms with Crippen LogP contribution in [0.5, 0.6) is 0 Å². The lowest BCUT2D eigenvalue weighted by Gasteiger charge is -2.34. The van der Waals surface area contributed by atoms with Gasteiger partial charge < -0.3 is 4.90 Å². The Morgan fingerprint density at radius 3 is 2.35 bits per heavy atom. The molecule has 1 aliphatic rings. The third-order valence-electron chi connectivity index (χ3n) is 4.54. The van der Waals surface area contributed by atoms with Crippen molar-refractivity contribution in [1.29, 1.82) is 0 Å². The zero-order valence-electron chi connectivity index (χ0n) is 14.0. The van der Waals surface area contributed by atoms with Crippen molar-refractivity contribution >= 4 is 5.91 Å². The van der Waals surface area contributed by atoms with Crippen LogP contribution in [0.15, 0.2) is 24.5 Å². The van der Waals surface area contributed by atoms with Gasteiger partial charge in [-0.2, -0.15) is 5.10 Å². The molecule has 2 aromatic heterocycles. The molecule has 1 amide bonds. The molecule has 0 unspecified atom stereocenters. The first kappa shape index (κ1) is 15.7. The molecule has 0 aromatic carbocycles. The second-order valence-electron chi connectivity index (χ2n) is 6.09. The minimum atomic E-state index is 0.108. The Balaban J connectivity index is 1.61. The van der Waals surface area contributed by atoms with E-state index in [2.05, 4.69) is 15.0 Å². The molecule has 3 rings (SSSR count). The maximum Gasteiger partial charge on any atom is 0.257 e. The minimum Gasteiger partial charge on any atom is -0.336 e. The SMILES string of the molecule is Cc1nn(C)c(C)c1C(=O)N1CCN(Cc2ccncc2)CC1. The van der Waals surface area contributed by atoms with Gasteiger partial charge in [0, 0.05) is 57.9 Å². The van der Waals surface area contributed by atoms with Crippen LogP contribution < -0.4 is 0 Å². The van der Waals surface area contributed by atoms with Crippen LogP contribution in [0.2, 0.25) is 0 Å². The fourth-order valence-corrected chi connectivity index (χ4v) is 3.10. The molecule has 0 aliphatic carbocycles. The first-order valence-corrected chi connectivity index (χ1v) is 7.97. The van der Waals surface area contributed by atoms with E-state index in [-0.39, 0.29) is 5.91 Å². The second kappa shape index (κ2) is 6.50. The van der Waals surface area contributed by atoms with Crippen molar-refractivity contribution in [1.82, 2.24) is 24.6 Å². The summed E-state index contributed by atoms with van der Waals surface area (Å²) in [6.07, 6.45) is 3.64. The van der Waals surface area contributed by atoms with Crippen LogP contribution in [0.1, 0.15) is 27.3 Å². The molecular weight excluding hydrogens is 290 g/mol. The second-order valence-corrected chi connectivity index (χ2v) is 6.09. The van der Waals surface area contributed by atoms with E-state index >= 15 is 0 Å². The van der Waals surface area contributed by atoms with Gasteiger partial charge in [0.05, 0.1) is 11.3 Å². The van der Waals surface area contributed by atoms with E-state index in [4.69, 9.17) is 0 Å². The van der Waals surface area contributed by atoms with Crippen LogP contribution in [-0.4, -0.2) is 56.7 Å². The van der Waals surface area contributed by atoms with Crippen molar-refractivity contribution < 1.29 is 4.79 Å². The molecule has 1 aliphatic heterocycles. The van der Waals surface area contributed by atoms with Crippen LogP contribution in [0.25, 0.3) is 0 Å². The smallest absolute Gasteiger partial charge is 0.257 e. The standard InChI is InChI=1S/C17H23N5O/c1-13-16(14(2)20(3)19-13)17(23)22-10-8-21(9-11-22)12-15-4-6-18-7-5-15/h4-7H,8-12H2,1-3H3. The molecule has 6 nitrogen and oxygen atoms in total. The van der Waals surface area contributed by atoms with Gasteiger partial charge in [-0.15, -0.1) is 0 Å². The minimum absolute atomic E-state index is 0.108. The molecule has 0 spiro atoms. The summed E-state index contributed by atoms with van der Waals surface area (Å²) >= 11 is 0. The van der Waals surface area contributed by atoms with Gasteiger partial charge in [0.25, 0.3) is 5.91 Å². The van der Waals surface area contributed by atoms with E-state index in [1.807, 2.05) is 50.3 Å². The molecule has 0 atom stereocenters. The molecular formula is C17H23N5O. The number of carbonyl (C=O) groups excluding carboxylic acids is 1. The molecule has 122 valence electrons. The van der Waals surface area contributed by atoms with Crippen molar-refractivity contribution in [3.63, 3.8) is 0 Å². The van der Waals surface area contributed by atoms with Crippen molar-refractivity contribution in [3.05, 3.63) is 47.0 Å². The van der Waals surface area contributed by atoms with Gasteiger partial charge in [-0.25, -0.2) is 0 Å².